The molecule has 0 fully saturated rings. The maximum Gasteiger partial charge on any atom is 0.405 e. The normalized spacial score (nSPS) is 11.7. The number of amides is 2. The molecule has 0 aliphatic rings. The average molecular weight is 364 g/mol. The molecule has 0 bridgehead atoms. The Morgan fingerprint density at radius 2 is 1.77 bits per heavy atom. The lowest BCUT2D eigenvalue weighted by atomic mass is 10.0. The molecule has 1 aromatic carbocycles. The number of rotatable bonds is 6. The number of nitrogens with zero attached hydrogens (tertiary/aromatic N) is 3. The Morgan fingerprint density at radius 1 is 1.19 bits per heavy atom. The van der Waals surface area contributed by atoms with Crippen LogP contribution in [-0.2, 0) is 17.6 Å². The number of hydrogen-bond donors (Lipinski definition) is 2. The molecule has 0 aliphatic heterocycles. The second-order valence-electron chi connectivity index (χ2n) is 5.59. The highest BCUT2D eigenvalue weighted by Gasteiger charge is 2.26. The summed E-state index contributed by atoms with van der Waals surface area (Å²) in [4.78, 5) is 33.1. The smallest absolute Gasteiger partial charge is 0.405 e. The first-order chi connectivity index (χ1) is 12.3. The molecule has 0 saturated heterocycles. The predicted octanol–water partition coefficient (Wildman–Crippen LogP) is 2.16. The average Bonchev–Trinajstić information content (AvgIpc) is 2.58. The van der Waals surface area contributed by atoms with Crippen molar-refractivity contribution >= 4 is 17.7 Å². The summed E-state index contributed by atoms with van der Waals surface area (Å²) in [5, 5.41) is 11.1. The van der Waals surface area contributed by atoms with Crippen molar-refractivity contribution in [3.63, 3.8) is 0 Å². The van der Waals surface area contributed by atoms with E-state index in [4.69, 9.17) is 5.11 Å². The van der Waals surface area contributed by atoms with Crippen molar-refractivity contribution in [3.8, 4) is 0 Å². The molecule has 2 aromatic rings. The number of aromatic nitrogens is 2. The highest BCUT2D eigenvalue weighted by Crippen LogP contribution is 2.15. The maximum absolute atomic E-state index is 13.3. The van der Waals surface area contributed by atoms with Crippen molar-refractivity contribution in [2.45, 2.75) is 25.8 Å². The number of carbonyl (C=O) groups is 2. The van der Waals surface area contributed by atoms with Crippen molar-refractivity contribution in [2.24, 2.45) is 0 Å². The third-order valence-corrected chi connectivity index (χ3v) is 3.68. The van der Waals surface area contributed by atoms with Gasteiger partial charge in [-0.15, -0.1) is 0 Å². The SMILES string of the molecule is CCc1ncc(N(C)C(=O)C(Cc2cc(F)cc(F)c2)NC(=O)O)cn1. The number of benzene rings is 1. The molecular weight excluding hydrogens is 346 g/mol. The molecule has 26 heavy (non-hydrogen) atoms. The van der Waals surface area contributed by atoms with Gasteiger partial charge in [-0.3, -0.25) is 4.79 Å². The zero-order chi connectivity index (χ0) is 19.3. The third-order valence-electron chi connectivity index (χ3n) is 3.68. The monoisotopic (exact) mass is 364 g/mol. The first-order valence-corrected chi connectivity index (χ1v) is 7.83. The molecule has 2 N–H and O–H groups in total. The van der Waals surface area contributed by atoms with Crippen LogP contribution >= 0.6 is 0 Å². The van der Waals surface area contributed by atoms with Gasteiger partial charge < -0.3 is 15.3 Å². The van der Waals surface area contributed by atoms with Crippen LogP contribution in [0.25, 0.3) is 0 Å². The van der Waals surface area contributed by atoms with Crippen molar-refractivity contribution in [2.75, 3.05) is 11.9 Å². The Bertz CT molecular complexity index is 779. The van der Waals surface area contributed by atoms with Gasteiger partial charge in [-0.05, 0) is 17.7 Å². The molecular formula is C17H18F2N4O3. The molecule has 7 nitrogen and oxygen atoms in total. The number of aryl methyl sites for hydroxylation is 1. The van der Waals surface area contributed by atoms with Gasteiger partial charge in [-0.2, -0.15) is 0 Å². The van der Waals surface area contributed by atoms with E-state index in [1.165, 1.54) is 24.3 Å². The van der Waals surface area contributed by atoms with Gasteiger partial charge in [0.25, 0.3) is 0 Å². The van der Waals surface area contributed by atoms with Crippen LogP contribution in [0.4, 0.5) is 19.3 Å². The first kappa shape index (κ1) is 19.2. The minimum Gasteiger partial charge on any atom is -0.465 e. The summed E-state index contributed by atoms with van der Waals surface area (Å²) in [6.45, 7) is 1.88. The molecule has 138 valence electrons. The molecule has 9 heteroatoms. The lowest BCUT2D eigenvalue weighted by Gasteiger charge is -2.23. The molecule has 1 heterocycles. The van der Waals surface area contributed by atoms with E-state index in [9.17, 15) is 18.4 Å². The zero-order valence-electron chi connectivity index (χ0n) is 14.2. The van der Waals surface area contributed by atoms with Crippen LogP contribution in [0.3, 0.4) is 0 Å². The minimum atomic E-state index is -1.42. The predicted molar refractivity (Wildman–Crippen MR) is 89.8 cm³/mol. The van der Waals surface area contributed by atoms with Gasteiger partial charge in [0.15, 0.2) is 0 Å². The Morgan fingerprint density at radius 3 is 2.27 bits per heavy atom. The van der Waals surface area contributed by atoms with Crippen molar-refractivity contribution in [3.05, 3.63) is 53.6 Å². The number of anilines is 1. The second kappa shape index (κ2) is 8.32. The van der Waals surface area contributed by atoms with Crippen LogP contribution in [0.1, 0.15) is 18.3 Å². The molecule has 1 aromatic heterocycles. The van der Waals surface area contributed by atoms with Gasteiger partial charge in [-0.1, -0.05) is 6.92 Å². The second-order valence-corrected chi connectivity index (χ2v) is 5.59. The third kappa shape index (κ3) is 4.95. The van der Waals surface area contributed by atoms with Gasteiger partial charge in [0, 0.05) is 26.0 Å². The number of carboxylic acid groups (broad SMARTS) is 1. The number of hydrogen-bond acceptors (Lipinski definition) is 4. The summed E-state index contributed by atoms with van der Waals surface area (Å²) in [6, 6.07) is 1.56. The quantitative estimate of drug-likeness (QED) is 0.819. The van der Waals surface area contributed by atoms with Crippen LogP contribution in [0.5, 0.6) is 0 Å². The molecule has 2 amide bonds. The van der Waals surface area contributed by atoms with E-state index in [-0.39, 0.29) is 12.0 Å². The fourth-order valence-electron chi connectivity index (χ4n) is 2.38. The Hall–Kier alpha value is -3.10. The lowest BCUT2D eigenvalue weighted by molar-refractivity contribution is -0.120. The standard InChI is InChI=1S/C17H18F2N4O3/c1-3-15-20-8-13(9-21-15)23(2)16(24)14(22-17(25)26)6-10-4-11(18)7-12(19)5-10/h4-5,7-9,14,22H,3,6H2,1-2H3,(H,25,26). The van der Waals surface area contributed by atoms with E-state index in [2.05, 4.69) is 15.3 Å². The maximum atomic E-state index is 13.3. The van der Waals surface area contributed by atoms with Crippen molar-refractivity contribution < 1.29 is 23.5 Å². The molecule has 0 spiro atoms. The highest BCUT2D eigenvalue weighted by atomic mass is 19.1. The summed E-state index contributed by atoms with van der Waals surface area (Å²) >= 11 is 0. The van der Waals surface area contributed by atoms with Crippen LogP contribution in [0, 0.1) is 11.6 Å². The van der Waals surface area contributed by atoms with Gasteiger partial charge in [-0.25, -0.2) is 23.5 Å². The topological polar surface area (TPSA) is 95.4 Å². The molecule has 1 unspecified atom stereocenters. The van der Waals surface area contributed by atoms with Crippen LogP contribution in [-0.4, -0.2) is 40.2 Å². The van der Waals surface area contributed by atoms with Gasteiger partial charge in [0.2, 0.25) is 5.91 Å². The first-order valence-electron chi connectivity index (χ1n) is 7.83. The summed E-state index contributed by atoms with van der Waals surface area (Å²) in [6.07, 6.45) is 1.89. The number of carbonyl (C=O) groups excluding carboxylic acids is 1. The van der Waals surface area contributed by atoms with Crippen LogP contribution in [0.15, 0.2) is 30.6 Å². The highest BCUT2D eigenvalue weighted by molar-refractivity contribution is 5.98. The van der Waals surface area contributed by atoms with E-state index in [0.717, 1.165) is 12.1 Å². The van der Waals surface area contributed by atoms with Crippen LogP contribution < -0.4 is 10.2 Å². The molecule has 1 atom stereocenters. The van der Waals surface area contributed by atoms with Gasteiger partial charge >= 0.3 is 6.09 Å². The lowest BCUT2D eigenvalue weighted by Crippen LogP contribution is -2.48. The van der Waals surface area contributed by atoms with E-state index >= 15 is 0 Å². The largest absolute Gasteiger partial charge is 0.465 e. The van der Waals surface area contributed by atoms with Crippen molar-refractivity contribution in [1.82, 2.24) is 15.3 Å². The Labute approximate surface area is 148 Å². The molecule has 0 radical (unpaired) electrons. The number of likely N-dealkylation sites (N-methyl/N-ethyl adjacent to an activating group) is 1. The summed E-state index contributed by atoms with van der Waals surface area (Å²) < 4.78 is 26.7. The summed E-state index contributed by atoms with van der Waals surface area (Å²) in [7, 11) is 1.44. The molecule has 2 rings (SSSR count). The fourth-order valence-corrected chi connectivity index (χ4v) is 2.38. The van der Waals surface area contributed by atoms with Crippen molar-refractivity contribution in [1.29, 1.82) is 0 Å². The summed E-state index contributed by atoms with van der Waals surface area (Å²) in [5.74, 6) is -1.62. The van der Waals surface area contributed by atoms with E-state index in [1.54, 1.807) is 0 Å². The molecule has 0 aliphatic carbocycles. The van der Waals surface area contributed by atoms with E-state index in [1.807, 2.05) is 6.92 Å². The molecule has 0 saturated carbocycles. The van der Waals surface area contributed by atoms with Gasteiger partial charge in [0.1, 0.15) is 23.5 Å². The number of nitrogens with one attached hydrogen (secondary N) is 1. The van der Waals surface area contributed by atoms with E-state index in [0.29, 0.717) is 24.0 Å². The zero-order valence-corrected chi connectivity index (χ0v) is 14.2. The number of halogens is 2. The van der Waals surface area contributed by atoms with Gasteiger partial charge in [0.05, 0.1) is 18.1 Å². The van der Waals surface area contributed by atoms with E-state index < -0.39 is 29.7 Å². The minimum absolute atomic E-state index is 0.153. The summed E-state index contributed by atoms with van der Waals surface area (Å²) in [5.41, 5.74) is 0.524. The Kier molecular flexibility index (Phi) is 6.16. The Balaban J connectivity index is 2.23. The van der Waals surface area contributed by atoms with Crippen LogP contribution in [0.2, 0.25) is 0 Å². The fraction of sp³-hybridized carbons (Fsp3) is 0.294.